The smallest absolute Gasteiger partial charge is 0.307 e. The van der Waals surface area contributed by atoms with Gasteiger partial charge in [0.05, 0.1) is 0 Å². The van der Waals surface area contributed by atoms with Crippen molar-refractivity contribution in [3.63, 3.8) is 0 Å². The van der Waals surface area contributed by atoms with Gasteiger partial charge in [0.2, 0.25) is 5.91 Å². The minimum atomic E-state index is -0.796. The predicted octanol–water partition coefficient (Wildman–Crippen LogP) is 2.41. The van der Waals surface area contributed by atoms with E-state index in [-0.39, 0.29) is 5.82 Å². The third-order valence-corrected chi connectivity index (χ3v) is 2.23. The highest BCUT2D eigenvalue weighted by molar-refractivity contribution is 6.31. The molecule has 0 spiro atoms. The van der Waals surface area contributed by atoms with Crippen LogP contribution in [0.3, 0.4) is 0 Å². The first-order valence-electron chi connectivity index (χ1n) is 4.92. The molecule has 3 amide bonds. The van der Waals surface area contributed by atoms with Crippen molar-refractivity contribution in [2.45, 2.75) is 19.2 Å². The number of rotatable bonds is 2. The average molecular weight is 259 g/mol. The molecule has 0 saturated heterocycles. The van der Waals surface area contributed by atoms with Gasteiger partial charge in [-0.05, 0) is 37.6 Å². The summed E-state index contributed by atoms with van der Waals surface area (Å²) in [6.07, 6.45) is 0. The predicted molar refractivity (Wildman–Crippen MR) is 63.6 cm³/mol. The van der Waals surface area contributed by atoms with Gasteiger partial charge < -0.3 is 5.32 Å². The zero-order valence-electron chi connectivity index (χ0n) is 9.38. The Bertz CT molecular complexity index is 449. The van der Waals surface area contributed by atoms with Crippen molar-refractivity contribution in [1.29, 1.82) is 0 Å². The number of amides is 3. The van der Waals surface area contributed by atoms with E-state index in [4.69, 9.17) is 11.6 Å². The second-order valence-corrected chi connectivity index (χ2v) is 4.17. The summed E-state index contributed by atoms with van der Waals surface area (Å²) in [6, 6.07) is 3.21. The van der Waals surface area contributed by atoms with E-state index in [0.29, 0.717) is 11.3 Å². The Balaban J connectivity index is 2.65. The van der Waals surface area contributed by atoms with E-state index >= 15 is 0 Å². The first kappa shape index (κ1) is 13.4. The van der Waals surface area contributed by atoms with Gasteiger partial charge in [-0.2, -0.15) is 0 Å². The van der Waals surface area contributed by atoms with Gasteiger partial charge >= 0.3 is 6.03 Å². The maximum atomic E-state index is 12.8. The van der Waals surface area contributed by atoms with Crippen LogP contribution < -0.4 is 10.6 Å². The molecule has 1 unspecified atom stereocenters. The molecule has 4 nitrogen and oxygen atoms in total. The Morgan fingerprint density at radius 2 is 2.06 bits per heavy atom. The molecule has 0 heterocycles. The molecular weight excluding hydrogens is 247 g/mol. The highest BCUT2D eigenvalue weighted by atomic mass is 35.5. The first-order chi connectivity index (χ1) is 7.90. The van der Waals surface area contributed by atoms with Crippen LogP contribution in [0.25, 0.3) is 0 Å². The molecule has 0 fully saturated rings. The molecule has 1 rings (SSSR count). The fourth-order valence-electron chi connectivity index (χ4n) is 1.13. The van der Waals surface area contributed by atoms with Crippen molar-refractivity contribution in [2.24, 2.45) is 0 Å². The van der Waals surface area contributed by atoms with Gasteiger partial charge in [0.15, 0.2) is 0 Å². The highest BCUT2D eigenvalue weighted by Crippen LogP contribution is 2.15. The zero-order valence-corrected chi connectivity index (χ0v) is 10.1. The lowest BCUT2D eigenvalue weighted by Gasteiger charge is -2.09. The second-order valence-electron chi connectivity index (χ2n) is 3.52. The summed E-state index contributed by atoms with van der Waals surface area (Å²) in [7, 11) is 0. The van der Waals surface area contributed by atoms with Crippen molar-refractivity contribution < 1.29 is 14.0 Å². The SMILES string of the molecule is Cc1cc(F)ccc1NC(=O)NC(=O)C(C)Cl. The van der Waals surface area contributed by atoms with Crippen molar-refractivity contribution >= 4 is 29.2 Å². The average Bonchev–Trinajstić information content (AvgIpc) is 2.22. The van der Waals surface area contributed by atoms with Crippen LogP contribution in [0.5, 0.6) is 0 Å². The van der Waals surface area contributed by atoms with Crippen LogP contribution >= 0.6 is 11.6 Å². The van der Waals surface area contributed by atoms with Gasteiger partial charge in [-0.1, -0.05) is 0 Å². The van der Waals surface area contributed by atoms with E-state index in [0.717, 1.165) is 0 Å². The fraction of sp³-hybridized carbons (Fsp3) is 0.273. The third-order valence-electron chi connectivity index (χ3n) is 2.03. The first-order valence-corrected chi connectivity index (χ1v) is 5.36. The number of hydrogen-bond acceptors (Lipinski definition) is 2. The number of imide groups is 1. The summed E-state index contributed by atoms with van der Waals surface area (Å²) in [4.78, 5) is 22.5. The monoisotopic (exact) mass is 258 g/mol. The van der Waals surface area contributed by atoms with E-state index < -0.39 is 17.3 Å². The Morgan fingerprint density at radius 3 is 2.59 bits per heavy atom. The Labute approximate surface area is 103 Å². The molecule has 92 valence electrons. The minimum Gasteiger partial charge on any atom is -0.307 e. The van der Waals surface area contributed by atoms with Crippen LogP contribution in [0.4, 0.5) is 14.9 Å². The van der Waals surface area contributed by atoms with E-state index in [1.807, 2.05) is 0 Å². The molecule has 0 saturated carbocycles. The molecule has 1 aromatic carbocycles. The summed E-state index contributed by atoms with van der Waals surface area (Å²) in [5.41, 5.74) is 0.991. The lowest BCUT2D eigenvalue weighted by molar-refractivity contribution is -0.119. The van der Waals surface area contributed by atoms with E-state index in [1.54, 1.807) is 6.92 Å². The van der Waals surface area contributed by atoms with Crippen LogP contribution in [0.1, 0.15) is 12.5 Å². The van der Waals surface area contributed by atoms with Gasteiger partial charge in [0, 0.05) is 5.69 Å². The second kappa shape index (κ2) is 5.63. The molecule has 2 N–H and O–H groups in total. The summed E-state index contributed by atoms with van der Waals surface area (Å²) in [5.74, 6) is -0.983. The number of nitrogens with one attached hydrogen (secondary N) is 2. The third kappa shape index (κ3) is 4.03. The number of anilines is 1. The molecule has 1 aromatic rings. The van der Waals surface area contributed by atoms with Crippen LogP contribution in [0.2, 0.25) is 0 Å². The van der Waals surface area contributed by atoms with Gasteiger partial charge in [0.1, 0.15) is 11.2 Å². The van der Waals surface area contributed by atoms with Crippen LogP contribution in [0, 0.1) is 12.7 Å². The molecule has 0 bridgehead atoms. The number of carbonyl (C=O) groups excluding carboxylic acids is 2. The molecule has 0 radical (unpaired) electrons. The molecule has 6 heteroatoms. The molecular formula is C11H12ClFN2O2. The fourth-order valence-corrected chi connectivity index (χ4v) is 1.19. The molecule has 1 atom stereocenters. The van der Waals surface area contributed by atoms with Gasteiger partial charge in [-0.25, -0.2) is 9.18 Å². The van der Waals surface area contributed by atoms with E-state index in [9.17, 15) is 14.0 Å². The number of benzene rings is 1. The number of carbonyl (C=O) groups is 2. The zero-order chi connectivity index (χ0) is 13.0. The minimum absolute atomic E-state index is 0.390. The topological polar surface area (TPSA) is 58.2 Å². The van der Waals surface area contributed by atoms with Gasteiger partial charge in [-0.3, -0.25) is 10.1 Å². The highest BCUT2D eigenvalue weighted by Gasteiger charge is 2.13. The van der Waals surface area contributed by atoms with Crippen molar-refractivity contribution in [3.05, 3.63) is 29.6 Å². The summed E-state index contributed by atoms with van der Waals surface area (Å²) in [6.45, 7) is 3.10. The van der Waals surface area contributed by atoms with E-state index in [2.05, 4.69) is 10.6 Å². The van der Waals surface area contributed by atoms with Crippen molar-refractivity contribution in [2.75, 3.05) is 5.32 Å². The van der Waals surface area contributed by atoms with Crippen LogP contribution in [-0.4, -0.2) is 17.3 Å². The number of urea groups is 1. The molecule has 0 aliphatic carbocycles. The standard InChI is InChI=1S/C11H12ClFN2O2/c1-6-5-8(13)3-4-9(6)14-11(17)15-10(16)7(2)12/h3-5,7H,1-2H3,(H2,14,15,16,17). The normalized spacial score (nSPS) is 11.8. The molecule has 17 heavy (non-hydrogen) atoms. The molecule has 0 aromatic heterocycles. The number of aryl methyl sites for hydroxylation is 1. The summed E-state index contributed by atoms with van der Waals surface area (Å²) in [5, 5.41) is 3.69. The summed E-state index contributed by atoms with van der Waals surface area (Å²) >= 11 is 5.49. The lowest BCUT2D eigenvalue weighted by atomic mass is 10.2. The molecule has 0 aliphatic rings. The van der Waals surface area contributed by atoms with Crippen LogP contribution in [0.15, 0.2) is 18.2 Å². The van der Waals surface area contributed by atoms with Gasteiger partial charge in [-0.15, -0.1) is 11.6 Å². The number of halogens is 2. The van der Waals surface area contributed by atoms with Crippen LogP contribution in [-0.2, 0) is 4.79 Å². The summed E-state index contributed by atoms with van der Waals surface area (Å²) < 4.78 is 12.8. The lowest BCUT2D eigenvalue weighted by Crippen LogP contribution is -2.38. The maximum absolute atomic E-state index is 12.8. The maximum Gasteiger partial charge on any atom is 0.325 e. The molecule has 0 aliphatic heterocycles. The van der Waals surface area contributed by atoms with Gasteiger partial charge in [0.25, 0.3) is 0 Å². The largest absolute Gasteiger partial charge is 0.325 e. The van der Waals surface area contributed by atoms with Crippen molar-refractivity contribution in [3.8, 4) is 0 Å². The van der Waals surface area contributed by atoms with E-state index in [1.165, 1.54) is 25.1 Å². The Morgan fingerprint density at radius 1 is 1.41 bits per heavy atom. The number of hydrogen-bond donors (Lipinski definition) is 2. The number of alkyl halides is 1. The Kier molecular flexibility index (Phi) is 4.45. The Hall–Kier alpha value is -1.62. The quantitative estimate of drug-likeness (QED) is 0.801. The van der Waals surface area contributed by atoms with Crippen molar-refractivity contribution in [1.82, 2.24) is 5.32 Å².